The van der Waals surface area contributed by atoms with Gasteiger partial charge in [0, 0.05) is 0 Å². The van der Waals surface area contributed by atoms with Gasteiger partial charge in [-0.3, -0.25) is 14.6 Å². The van der Waals surface area contributed by atoms with E-state index in [4.69, 9.17) is 5.11 Å². The number of aryl methyl sites for hydroxylation is 2. The largest absolute Gasteiger partial charge is 0.480 e. The zero-order valence-corrected chi connectivity index (χ0v) is 9.05. The lowest BCUT2D eigenvalue weighted by molar-refractivity contribution is -0.134. The molecule has 0 amide bonds. The Kier molecular flexibility index (Phi) is 2.98. The molecule has 8 heteroatoms. The van der Waals surface area contributed by atoms with Crippen molar-refractivity contribution in [3.05, 3.63) is 11.4 Å². The number of nitrogens with one attached hydrogen (secondary N) is 2. The first-order valence-electron chi connectivity index (χ1n) is 4.05. The van der Waals surface area contributed by atoms with E-state index in [1.807, 2.05) is 0 Å². The molecule has 7 nitrogen and oxygen atoms in total. The predicted octanol–water partition coefficient (Wildman–Crippen LogP) is -0.147. The van der Waals surface area contributed by atoms with Gasteiger partial charge in [-0.2, -0.15) is 5.10 Å². The van der Waals surface area contributed by atoms with Gasteiger partial charge in [0.2, 0.25) is 10.0 Å². The van der Waals surface area contributed by atoms with Gasteiger partial charge in [-0.1, -0.05) is 0 Å². The first kappa shape index (κ1) is 11.5. The van der Waals surface area contributed by atoms with E-state index in [1.54, 1.807) is 13.8 Å². The van der Waals surface area contributed by atoms with Gasteiger partial charge in [0.05, 0.1) is 17.1 Å². The van der Waals surface area contributed by atoms with Crippen molar-refractivity contribution >= 4 is 21.7 Å². The Morgan fingerprint density at radius 2 is 2.13 bits per heavy atom. The van der Waals surface area contributed by atoms with E-state index >= 15 is 0 Å². The molecular weight excluding hydrogens is 222 g/mol. The summed E-state index contributed by atoms with van der Waals surface area (Å²) in [7, 11) is -3.86. The Balaban J connectivity index is 2.91. The summed E-state index contributed by atoms with van der Waals surface area (Å²) in [5.74, 6) is -2.36. The minimum atomic E-state index is -3.86. The van der Waals surface area contributed by atoms with E-state index in [0.29, 0.717) is 17.1 Å². The van der Waals surface area contributed by atoms with Gasteiger partial charge in [-0.05, 0) is 13.8 Å². The highest BCUT2D eigenvalue weighted by atomic mass is 32.2. The second-order valence-corrected chi connectivity index (χ2v) is 4.79. The Bertz CT molecular complexity index is 457. The summed E-state index contributed by atoms with van der Waals surface area (Å²) < 4.78 is 24.7. The molecule has 84 valence electrons. The number of hydrogen-bond acceptors (Lipinski definition) is 4. The third-order valence-corrected chi connectivity index (χ3v) is 2.84. The molecule has 1 aromatic rings. The second-order valence-electron chi connectivity index (χ2n) is 3.06. The van der Waals surface area contributed by atoms with E-state index in [-0.39, 0.29) is 0 Å². The van der Waals surface area contributed by atoms with Crippen LogP contribution in [0.4, 0.5) is 5.69 Å². The van der Waals surface area contributed by atoms with Crippen molar-refractivity contribution in [2.75, 3.05) is 10.5 Å². The molecular formula is C7H11N3O4S. The molecule has 1 heterocycles. The highest BCUT2D eigenvalue weighted by Gasteiger charge is 2.18. The molecule has 0 saturated carbocycles. The molecule has 0 unspecified atom stereocenters. The summed E-state index contributed by atoms with van der Waals surface area (Å²) in [6.07, 6.45) is 0. The lowest BCUT2D eigenvalue weighted by Gasteiger charge is -2.05. The first-order chi connectivity index (χ1) is 6.82. The summed E-state index contributed by atoms with van der Waals surface area (Å²) in [4.78, 5) is 10.3. The van der Waals surface area contributed by atoms with E-state index < -0.39 is 21.7 Å². The molecule has 15 heavy (non-hydrogen) atoms. The molecule has 0 aliphatic rings. The molecule has 0 atom stereocenters. The van der Waals surface area contributed by atoms with Crippen molar-refractivity contribution in [3.8, 4) is 0 Å². The van der Waals surface area contributed by atoms with Crippen LogP contribution < -0.4 is 4.72 Å². The lowest BCUT2D eigenvalue weighted by Crippen LogP contribution is -2.22. The number of H-pyrrole nitrogens is 1. The number of aromatic amines is 1. The van der Waals surface area contributed by atoms with Crippen LogP contribution in [0.5, 0.6) is 0 Å². The number of hydrogen-bond donors (Lipinski definition) is 3. The van der Waals surface area contributed by atoms with Crippen LogP contribution in [0, 0.1) is 13.8 Å². The van der Waals surface area contributed by atoms with Crippen LogP contribution in [-0.2, 0) is 14.8 Å². The maximum atomic E-state index is 11.3. The quantitative estimate of drug-likeness (QED) is 0.669. The van der Waals surface area contributed by atoms with Gasteiger partial charge < -0.3 is 5.11 Å². The van der Waals surface area contributed by atoms with E-state index in [2.05, 4.69) is 14.9 Å². The minimum absolute atomic E-state index is 0.302. The number of carbonyl (C=O) groups is 1. The van der Waals surface area contributed by atoms with Crippen molar-refractivity contribution in [2.24, 2.45) is 0 Å². The Morgan fingerprint density at radius 1 is 1.53 bits per heavy atom. The number of sulfonamides is 1. The molecule has 0 aliphatic carbocycles. The number of aromatic nitrogens is 2. The van der Waals surface area contributed by atoms with Gasteiger partial charge in [0.25, 0.3) is 0 Å². The summed E-state index contributed by atoms with van der Waals surface area (Å²) in [6.45, 7) is 3.25. The molecule has 0 spiro atoms. The van der Waals surface area contributed by atoms with Crippen LogP contribution in [0.25, 0.3) is 0 Å². The van der Waals surface area contributed by atoms with E-state index in [9.17, 15) is 13.2 Å². The number of anilines is 1. The van der Waals surface area contributed by atoms with Crippen molar-refractivity contribution in [1.29, 1.82) is 0 Å². The van der Waals surface area contributed by atoms with E-state index in [0.717, 1.165) is 0 Å². The summed E-state index contributed by atoms with van der Waals surface area (Å²) in [6, 6.07) is 0. The van der Waals surface area contributed by atoms with Gasteiger partial charge in [0.1, 0.15) is 0 Å². The number of nitrogens with zero attached hydrogens (tertiary/aromatic N) is 1. The molecule has 1 aromatic heterocycles. The maximum Gasteiger partial charge on any atom is 0.320 e. The topological polar surface area (TPSA) is 112 Å². The van der Waals surface area contributed by atoms with Gasteiger partial charge >= 0.3 is 5.97 Å². The molecule has 0 fully saturated rings. The molecule has 0 bridgehead atoms. The van der Waals surface area contributed by atoms with E-state index in [1.165, 1.54) is 0 Å². The van der Waals surface area contributed by atoms with Crippen molar-refractivity contribution in [2.45, 2.75) is 13.8 Å². The standard InChI is InChI=1S/C7H11N3O4S/c1-4-7(5(2)9-8-4)10-15(13,14)3-6(11)12/h10H,3H2,1-2H3,(H,8,9)(H,11,12). The minimum Gasteiger partial charge on any atom is -0.480 e. The average Bonchev–Trinajstić information content (AvgIpc) is 2.33. The zero-order chi connectivity index (χ0) is 11.6. The molecule has 0 radical (unpaired) electrons. The monoisotopic (exact) mass is 233 g/mol. The van der Waals surface area contributed by atoms with Crippen LogP contribution in [0.3, 0.4) is 0 Å². The number of carboxylic acid groups (broad SMARTS) is 1. The lowest BCUT2D eigenvalue weighted by atomic mass is 10.3. The van der Waals surface area contributed by atoms with Crippen molar-refractivity contribution < 1.29 is 18.3 Å². The fourth-order valence-corrected chi connectivity index (χ4v) is 2.06. The SMILES string of the molecule is Cc1n[nH]c(C)c1NS(=O)(=O)CC(=O)O. The second kappa shape index (κ2) is 3.89. The van der Waals surface area contributed by atoms with Crippen LogP contribution in [0.2, 0.25) is 0 Å². The molecule has 0 saturated heterocycles. The van der Waals surface area contributed by atoms with Crippen LogP contribution in [0.15, 0.2) is 0 Å². The Hall–Kier alpha value is -1.57. The molecule has 0 aliphatic heterocycles. The Morgan fingerprint density at radius 3 is 2.53 bits per heavy atom. The normalized spacial score (nSPS) is 11.3. The molecule has 0 aromatic carbocycles. The number of rotatable bonds is 4. The summed E-state index contributed by atoms with van der Waals surface area (Å²) in [5, 5.41) is 14.7. The number of aliphatic carboxylic acids is 1. The van der Waals surface area contributed by atoms with Crippen LogP contribution in [0.1, 0.15) is 11.4 Å². The third kappa shape index (κ3) is 2.94. The highest BCUT2D eigenvalue weighted by Crippen LogP contribution is 2.17. The van der Waals surface area contributed by atoms with Gasteiger partial charge in [0.15, 0.2) is 5.75 Å². The van der Waals surface area contributed by atoms with Gasteiger partial charge in [-0.15, -0.1) is 0 Å². The first-order valence-corrected chi connectivity index (χ1v) is 5.71. The fraction of sp³-hybridized carbons (Fsp3) is 0.429. The zero-order valence-electron chi connectivity index (χ0n) is 8.23. The maximum absolute atomic E-state index is 11.3. The third-order valence-electron chi connectivity index (χ3n) is 1.70. The van der Waals surface area contributed by atoms with Gasteiger partial charge in [-0.25, -0.2) is 8.42 Å². The smallest absolute Gasteiger partial charge is 0.320 e. The average molecular weight is 233 g/mol. The van der Waals surface area contributed by atoms with Crippen LogP contribution >= 0.6 is 0 Å². The molecule has 1 rings (SSSR count). The number of carboxylic acids is 1. The summed E-state index contributed by atoms with van der Waals surface area (Å²) in [5.41, 5.74) is 1.32. The molecule has 3 N–H and O–H groups in total. The Labute approximate surface area is 86.6 Å². The fourth-order valence-electron chi connectivity index (χ4n) is 1.06. The highest BCUT2D eigenvalue weighted by molar-refractivity contribution is 7.93. The van der Waals surface area contributed by atoms with Crippen LogP contribution in [-0.4, -0.2) is 35.4 Å². The predicted molar refractivity (Wildman–Crippen MR) is 53.1 cm³/mol. The summed E-state index contributed by atoms with van der Waals surface area (Å²) >= 11 is 0. The van der Waals surface area contributed by atoms with Crippen molar-refractivity contribution in [1.82, 2.24) is 10.2 Å². The van der Waals surface area contributed by atoms with Crippen molar-refractivity contribution in [3.63, 3.8) is 0 Å².